The Morgan fingerprint density at radius 3 is 2.82 bits per heavy atom. The first-order valence-electron chi connectivity index (χ1n) is 4.76. The molecular weight excluding hydrogens is 224 g/mol. The van der Waals surface area contributed by atoms with Gasteiger partial charge in [-0.1, -0.05) is 12.7 Å². The monoisotopic (exact) mass is 236 g/mol. The number of carbonyl (C=O) groups excluding carboxylic acids is 2. The van der Waals surface area contributed by atoms with Gasteiger partial charge in [0, 0.05) is 6.20 Å². The first kappa shape index (κ1) is 12.7. The highest BCUT2D eigenvalue weighted by Crippen LogP contribution is 2.06. The number of nitrogens with zero attached hydrogens (tertiary/aromatic N) is 1. The number of esters is 1. The van der Waals surface area contributed by atoms with Gasteiger partial charge < -0.3 is 9.47 Å². The molecule has 1 N–H and O–H groups in total. The molecule has 0 fully saturated rings. The molecule has 0 aromatic carbocycles. The second kappa shape index (κ2) is 6.26. The van der Waals surface area contributed by atoms with Gasteiger partial charge in [0.25, 0.3) is 0 Å². The van der Waals surface area contributed by atoms with Gasteiger partial charge in [0.1, 0.15) is 12.4 Å². The van der Waals surface area contributed by atoms with Crippen molar-refractivity contribution in [2.75, 3.05) is 19.0 Å². The molecule has 1 heterocycles. The number of anilines is 1. The summed E-state index contributed by atoms with van der Waals surface area (Å²) in [5.41, 5.74) is 0.303. The van der Waals surface area contributed by atoms with Crippen LogP contribution in [0.3, 0.4) is 0 Å². The van der Waals surface area contributed by atoms with Crippen LogP contribution in [0.5, 0.6) is 0 Å². The quantitative estimate of drug-likeness (QED) is 0.634. The normalized spacial score (nSPS) is 9.24. The standard InChI is InChI=1S/C11H12N2O4/c1-3-6-17-11(15)13-9-5-4-8(7-12-9)10(14)16-2/h3-5,7H,1,6H2,2H3,(H,12,13,15). The van der Waals surface area contributed by atoms with Gasteiger partial charge in [-0.25, -0.2) is 14.6 Å². The summed E-state index contributed by atoms with van der Waals surface area (Å²) in [4.78, 5) is 26.1. The Balaban J connectivity index is 2.59. The van der Waals surface area contributed by atoms with E-state index in [0.29, 0.717) is 5.56 Å². The van der Waals surface area contributed by atoms with Crippen LogP contribution in [0, 0.1) is 0 Å². The number of carbonyl (C=O) groups is 2. The van der Waals surface area contributed by atoms with Crippen molar-refractivity contribution < 1.29 is 19.1 Å². The Morgan fingerprint density at radius 1 is 1.53 bits per heavy atom. The lowest BCUT2D eigenvalue weighted by molar-refractivity contribution is 0.0600. The van der Waals surface area contributed by atoms with Gasteiger partial charge in [-0.05, 0) is 12.1 Å². The number of ether oxygens (including phenoxy) is 2. The molecule has 17 heavy (non-hydrogen) atoms. The maximum Gasteiger partial charge on any atom is 0.413 e. The van der Waals surface area contributed by atoms with E-state index in [-0.39, 0.29) is 12.4 Å². The van der Waals surface area contributed by atoms with Gasteiger partial charge in [0.15, 0.2) is 0 Å². The Hall–Kier alpha value is -2.37. The molecule has 0 atom stereocenters. The van der Waals surface area contributed by atoms with Gasteiger partial charge in [-0.15, -0.1) is 0 Å². The number of amides is 1. The average molecular weight is 236 g/mol. The van der Waals surface area contributed by atoms with Crippen molar-refractivity contribution in [2.24, 2.45) is 0 Å². The first-order valence-corrected chi connectivity index (χ1v) is 4.76. The van der Waals surface area contributed by atoms with Gasteiger partial charge >= 0.3 is 12.1 Å². The highest BCUT2D eigenvalue weighted by atomic mass is 16.5. The van der Waals surface area contributed by atoms with Crippen molar-refractivity contribution in [3.8, 4) is 0 Å². The number of hydrogen-bond acceptors (Lipinski definition) is 5. The van der Waals surface area contributed by atoms with E-state index in [1.165, 1.54) is 31.5 Å². The number of nitrogens with one attached hydrogen (secondary N) is 1. The third-order valence-electron chi connectivity index (χ3n) is 1.75. The molecule has 1 rings (SSSR count). The largest absolute Gasteiger partial charge is 0.465 e. The van der Waals surface area contributed by atoms with Gasteiger partial charge in [0.2, 0.25) is 0 Å². The molecule has 6 nitrogen and oxygen atoms in total. The number of aromatic nitrogens is 1. The van der Waals surface area contributed by atoms with Crippen LogP contribution in [-0.2, 0) is 9.47 Å². The lowest BCUT2D eigenvalue weighted by Crippen LogP contribution is -2.14. The highest BCUT2D eigenvalue weighted by molar-refractivity contribution is 5.89. The fourth-order valence-electron chi connectivity index (χ4n) is 0.982. The molecule has 1 aromatic heterocycles. The summed E-state index contributed by atoms with van der Waals surface area (Å²) in [6.45, 7) is 3.53. The maximum absolute atomic E-state index is 11.1. The summed E-state index contributed by atoms with van der Waals surface area (Å²) in [5, 5.41) is 2.39. The minimum Gasteiger partial charge on any atom is -0.465 e. The van der Waals surface area contributed by atoms with Gasteiger partial charge in [-0.3, -0.25) is 5.32 Å². The van der Waals surface area contributed by atoms with Crippen LogP contribution in [0.4, 0.5) is 10.6 Å². The smallest absolute Gasteiger partial charge is 0.413 e. The topological polar surface area (TPSA) is 77.5 Å². The second-order valence-corrected chi connectivity index (χ2v) is 2.94. The predicted octanol–water partition coefficient (Wildman–Crippen LogP) is 1.60. The molecule has 1 amide bonds. The van der Waals surface area contributed by atoms with Crippen LogP contribution >= 0.6 is 0 Å². The van der Waals surface area contributed by atoms with Crippen LogP contribution in [0.25, 0.3) is 0 Å². The molecule has 0 unspecified atom stereocenters. The molecule has 1 aromatic rings. The summed E-state index contributed by atoms with van der Waals surface area (Å²) < 4.78 is 9.20. The van der Waals surface area contributed by atoms with Crippen molar-refractivity contribution in [1.29, 1.82) is 0 Å². The van der Waals surface area contributed by atoms with Crippen molar-refractivity contribution in [3.05, 3.63) is 36.5 Å². The molecule has 0 bridgehead atoms. The fourth-order valence-corrected chi connectivity index (χ4v) is 0.982. The summed E-state index contributed by atoms with van der Waals surface area (Å²) in [5.74, 6) is -0.204. The minimum atomic E-state index is -0.636. The van der Waals surface area contributed by atoms with E-state index in [2.05, 4.69) is 21.6 Å². The van der Waals surface area contributed by atoms with Crippen LogP contribution in [-0.4, -0.2) is 30.8 Å². The Bertz CT molecular complexity index is 414. The van der Waals surface area contributed by atoms with Crippen LogP contribution in [0.1, 0.15) is 10.4 Å². The number of hydrogen-bond donors (Lipinski definition) is 1. The molecule has 0 aliphatic rings. The van der Waals surface area contributed by atoms with E-state index in [1.54, 1.807) is 0 Å². The third kappa shape index (κ3) is 3.94. The maximum atomic E-state index is 11.1. The molecule has 0 saturated heterocycles. The van der Waals surface area contributed by atoms with Crippen LogP contribution in [0.15, 0.2) is 31.0 Å². The third-order valence-corrected chi connectivity index (χ3v) is 1.75. The summed E-state index contributed by atoms with van der Waals surface area (Å²) in [6, 6.07) is 2.96. The second-order valence-electron chi connectivity index (χ2n) is 2.94. The number of methoxy groups -OCH3 is 1. The van der Waals surface area contributed by atoms with E-state index in [9.17, 15) is 9.59 Å². The van der Waals surface area contributed by atoms with E-state index in [0.717, 1.165) is 0 Å². The first-order chi connectivity index (χ1) is 8.17. The Labute approximate surface area is 98.3 Å². The molecule has 6 heteroatoms. The van der Waals surface area contributed by atoms with Crippen molar-refractivity contribution in [3.63, 3.8) is 0 Å². The lowest BCUT2D eigenvalue weighted by atomic mass is 10.3. The lowest BCUT2D eigenvalue weighted by Gasteiger charge is -2.04. The SMILES string of the molecule is C=CCOC(=O)Nc1ccc(C(=O)OC)cn1. The van der Waals surface area contributed by atoms with Crippen molar-refractivity contribution >= 4 is 17.9 Å². The van der Waals surface area contributed by atoms with Gasteiger partial charge in [0.05, 0.1) is 12.7 Å². The molecule has 0 aliphatic heterocycles. The van der Waals surface area contributed by atoms with Crippen molar-refractivity contribution in [2.45, 2.75) is 0 Å². The molecule has 0 spiro atoms. The van der Waals surface area contributed by atoms with E-state index >= 15 is 0 Å². The zero-order valence-corrected chi connectivity index (χ0v) is 9.30. The summed E-state index contributed by atoms with van der Waals surface area (Å²) in [6.07, 6.45) is 2.12. The molecule has 0 saturated carbocycles. The van der Waals surface area contributed by atoms with Crippen LogP contribution < -0.4 is 5.32 Å². The van der Waals surface area contributed by atoms with Gasteiger partial charge in [-0.2, -0.15) is 0 Å². The van der Waals surface area contributed by atoms with E-state index < -0.39 is 12.1 Å². The highest BCUT2D eigenvalue weighted by Gasteiger charge is 2.07. The average Bonchev–Trinajstić information content (AvgIpc) is 2.36. The number of pyridine rings is 1. The Kier molecular flexibility index (Phi) is 4.68. The summed E-state index contributed by atoms with van der Waals surface area (Å²) in [7, 11) is 1.28. The molecule has 0 radical (unpaired) electrons. The molecule has 90 valence electrons. The zero-order valence-electron chi connectivity index (χ0n) is 9.30. The van der Waals surface area contributed by atoms with Crippen LogP contribution in [0.2, 0.25) is 0 Å². The predicted molar refractivity (Wildman–Crippen MR) is 60.7 cm³/mol. The zero-order chi connectivity index (χ0) is 12.7. The molecule has 0 aliphatic carbocycles. The summed E-state index contributed by atoms with van der Waals surface area (Å²) >= 11 is 0. The van der Waals surface area contributed by atoms with Crippen molar-refractivity contribution in [1.82, 2.24) is 4.98 Å². The fraction of sp³-hybridized carbons (Fsp3) is 0.182. The minimum absolute atomic E-state index is 0.117. The Morgan fingerprint density at radius 2 is 2.29 bits per heavy atom. The number of rotatable bonds is 4. The van der Waals surface area contributed by atoms with E-state index in [4.69, 9.17) is 4.74 Å². The molecular formula is C11H12N2O4. The van der Waals surface area contributed by atoms with E-state index in [1.807, 2.05) is 0 Å².